The van der Waals surface area contributed by atoms with Crippen LogP contribution in [0.4, 0.5) is 0 Å². The first kappa shape index (κ1) is 15.6. The Bertz CT molecular complexity index is 434. The maximum Gasteiger partial charge on any atom is 0.308 e. The molecule has 1 atom stereocenters. The van der Waals surface area contributed by atoms with Crippen LogP contribution in [-0.4, -0.2) is 35.1 Å². The number of carboxylic acid groups (broad SMARTS) is 1. The standard InChI is InChI=1S/C12H19N3O3S/c1-2-3-8(12(17)18)6-14-11(16)9-7-19-10(15-9)4-5-13/h7-8H,2-6,13H2,1H3,(H,14,16)(H,17,18). The maximum absolute atomic E-state index is 11.8. The van der Waals surface area contributed by atoms with Crippen LogP contribution in [0, 0.1) is 5.92 Å². The van der Waals surface area contributed by atoms with Gasteiger partial charge in [-0.1, -0.05) is 13.3 Å². The second-order valence-corrected chi connectivity index (χ2v) is 5.14. The van der Waals surface area contributed by atoms with Gasteiger partial charge in [0, 0.05) is 18.3 Å². The fourth-order valence-corrected chi connectivity index (χ4v) is 2.42. The van der Waals surface area contributed by atoms with Crippen LogP contribution >= 0.6 is 11.3 Å². The van der Waals surface area contributed by atoms with Crippen LogP contribution in [0.2, 0.25) is 0 Å². The van der Waals surface area contributed by atoms with Crippen LogP contribution in [0.3, 0.4) is 0 Å². The van der Waals surface area contributed by atoms with Crippen LogP contribution in [-0.2, 0) is 11.2 Å². The number of hydrogen-bond acceptors (Lipinski definition) is 5. The molecule has 1 unspecified atom stereocenters. The molecular weight excluding hydrogens is 266 g/mol. The number of amides is 1. The molecule has 106 valence electrons. The number of thiazole rings is 1. The third-order valence-electron chi connectivity index (χ3n) is 2.64. The van der Waals surface area contributed by atoms with Crippen molar-refractivity contribution in [2.24, 2.45) is 11.7 Å². The average Bonchev–Trinajstić information content (AvgIpc) is 2.83. The Kier molecular flexibility index (Phi) is 6.44. The lowest BCUT2D eigenvalue weighted by Crippen LogP contribution is -2.33. The molecule has 0 saturated heterocycles. The highest BCUT2D eigenvalue weighted by Crippen LogP contribution is 2.10. The molecule has 7 heteroatoms. The Balaban J connectivity index is 2.51. The Morgan fingerprint density at radius 3 is 2.89 bits per heavy atom. The molecule has 1 rings (SSSR count). The van der Waals surface area contributed by atoms with E-state index in [2.05, 4.69) is 10.3 Å². The fourth-order valence-electron chi connectivity index (χ4n) is 1.62. The second kappa shape index (κ2) is 7.85. The number of hydrogen-bond donors (Lipinski definition) is 3. The largest absolute Gasteiger partial charge is 0.481 e. The summed E-state index contributed by atoms with van der Waals surface area (Å²) in [7, 11) is 0. The minimum atomic E-state index is -0.885. The Labute approximate surface area is 116 Å². The first-order valence-corrected chi connectivity index (χ1v) is 7.11. The van der Waals surface area contributed by atoms with Crippen molar-refractivity contribution in [3.8, 4) is 0 Å². The molecule has 1 heterocycles. The molecule has 0 aliphatic heterocycles. The topological polar surface area (TPSA) is 105 Å². The number of nitrogens with two attached hydrogens (primary N) is 1. The molecule has 0 aliphatic rings. The van der Waals surface area contributed by atoms with Gasteiger partial charge in [0.2, 0.25) is 0 Å². The van der Waals surface area contributed by atoms with E-state index in [9.17, 15) is 9.59 Å². The predicted molar refractivity (Wildman–Crippen MR) is 73.2 cm³/mol. The molecular formula is C12H19N3O3S. The number of aliphatic carboxylic acids is 1. The summed E-state index contributed by atoms with van der Waals surface area (Å²) in [6.07, 6.45) is 1.96. The van der Waals surface area contributed by atoms with Crippen molar-refractivity contribution in [3.63, 3.8) is 0 Å². The molecule has 0 saturated carbocycles. The molecule has 0 bridgehead atoms. The molecule has 1 amide bonds. The van der Waals surface area contributed by atoms with Gasteiger partial charge < -0.3 is 16.2 Å². The average molecular weight is 285 g/mol. The van der Waals surface area contributed by atoms with Crippen LogP contribution in [0.15, 0.2) is 5.38 Å². The first-order valence-electron chi connectivity index (χ1n) is 6.24. The van der Waals surface area contributed by atoms with Crippen molar-refractivity contribution in [2.45, 2.75) is 26.2 Å². The van der Waals surface area contributed by atoms with Gasteiger partial charge in [-0.15, -0.1) is 11.3 Å². The second-order valence-electron chi connectivity index (χ2n) is 4.20. The molecule has 1 aromatic heterocycles. The molecule has 1 aromatic rings. The Morgan fingerprint density at radius 2 is 2.32 bits per heavy atom. The number of nitrogens with one attached hydrogen (secondary N) is 1. The molecule has 0 aromatic carbocycles. The normalized spacial score (nSPS) is 12.1. The highest BCUT2D eigenvalue weighted by molar-refractivity contribution is 7.09. The zero-order valence-corrected chi connectivity index (χ0v) is 11.7. The number of aromatic nitrogens is 1. The summed E-state index contributed by atoms with van der Waals surface area (Å²) in [6, 6.07) is 0. The van der Waals surface area contributed by atoms with Gasteiger partial charge in [-0.3, -0.25) is 9.59 Å². The smallest absolute Gasteiger partial charge is 0.308 e. The minimum absolute atomic E-state index is 0.131. The van der Waals surface area contributed by atoms with E-state index < -0.39 is 11.9 Å². The lowest BCUT2D eigenvalue weighted by molar-refractivity contribution is -0.141. The molecule has 19 heavy (non-hydrogen) atoms. The van der Waals surface area contributed by atoms with E-state index >= 15 is 0 Å². The van der Waals surface area contributed by atoms with Crippen LogP contribution in [0.1, 0.15) is 35.3 Å². The third kappa shape index (κ3) is 4.96. The SMILES string of the molecule is CCCC(CNC(=O)c1csc(CCN)n1)C(=O)O. The monoisotopic (exact) mass is 285 g/mol. The highest BCUT2D eigenvalue weighted by Gasteiger charge is 2.18. The minimum Gasteiger partial charge on any atom is -0.481 e. The number of rotatable bonds is 8. The van der Waals surface area contributed by atoms with Crippen molar-refractivity contribution < 1.29 is 14.7 Å². The van der Waals surface area contributed by atoms with Gasteiger partial charge in [0.25, 0.3) is 5.91 Å². The number of carboxylic acids is 1. The lowest BCUT2D eigenvalue weighted by Gasteiger charge is -2.11. The summed E-state index contributed by atoms with van der Waals surface area (Å²) in [5, 5.41) is 14.1. The maximum atomic E-state index is 11.8. The highest BCUT2D eigenvalue weighted by atomic mass is 32.1. The van der Waals surface area contributed by atoms with E-state index in [1.807, 2.05) is 6.92 Å². The molecule has 6 nitrogen and oxygen atoms in total. The van der Waals surface area contributed by atoms with Crippen molar-refractivity contribution in [1.82, 2.24) is 10.3 Å². The van der Waals surface area contributed by atoms with Crippen molar-refractivity contribution in [2.75, 3.05) is 13.1 Å². The molecule has 0 radical (unpaired) electrons. The molecule has 0 fully saturated rings. The number of carbonyl (C=O) groups is 2. The number of nitrogens with zero attached hydrogens (tertiary/aromatic N) is 1. The van der Waals surface area contributed by atoms with Gasteiger partial charge in [-0.05, 0) is 13.0 Å². The summed E-state index contributed by atoms with van der Waals surface area (Å²) in [5.41, 5.74) is 5.74. The third-order valence-corrected chi connectivity index (χ3v) is 3.55. The van der Waals surface area contributed by atoms with Gasteiger partial charge in [0.05, 0.1) is 10.9 Å². The zero-order chi connectivity index (χ0) is 14.3. The van der Waals surface area contributed by atoms with Gasteiger partial charge in [0.15, 0.2) is 0 Å². The summed E-state index contributed by atoms with van der Waals surface area (Å²) in [5.74, 6) is -1.76. The lowest BCUT2D eigenvalue weighted by atomic mass is 10.0. The fraction of sp³-hybridized carbons (Fsp3) is 0.583. The van der Waals surface area contributed by atoms with Crippen LogP contribution in [0.25, 0.3) is 0 Å². The van der Waals surface area contributed by atoms with E-state index in [0.29, 0.717) is 25.1 Å². The molecule has 4 N–H and O–H groups in total. The van der Waals surface area contributed by atoms with E-state index in [-0.39, 0.29) is 12.5 Å². The molecule has 0 spiro atoms. The zero-order valence-electron chi connectivity index (χ0n) is 10.9. The van der Waals surface area contributed by atoms with Crippen molar-refractivity contribution >= 4 is 23.2 Å². The van der Waals surface area contributed by atoms with E-state index in [1.165, 1.54) is 11.3 Å². The first-order chi connectivity index (χ1) is 9.08. The van der Waals surface area contributed by atoms with Crippen molar-refractivity contribution in [1.29, 1.82) is 0 Å². The number of carbonyl (C=O) groups excluding carboxylic acids is 1. The van der Waals surface area contributed by atoms with Gasteiger partial charge in [-0.2, -0.15) is 0 Å². The van der Waals surface area contributed by atoms with Crippen LogP contribution < -0.4 is 11.1 Å². The van der Waals surface area contributed by atoms with E-state index in [4.69, 9.17) is 10.8 Å². The predicted octanol–water partition coefficient (Wildman–Crippen LogP) is 0.875. The van der Waals surface area contributed by atoms with Gasteiger partial charge >= 0.3 is 5.97 Å². The summed E-state index contributed by atoms with van der Waals surface area (Å²) >= 11 is 1.39. The molecule has 0 aliphatic carbocycles. The van der Waals surface area contributed by atoms with E-state index in [0.717, 1.165) is 11.4 Å². The van der Waals surface area contributed by atoms with Crippen LogP contribution in [0.5, 0.6) is 0 Å². The summed E-state index contributed by atoms with van der Waals surface area (Å²) in [4.78, 5) is 26.9. The van der Waals surface area contributed by atoms with E-state index in [1.54, 1.807) is 5.38 Å². The summed E-state index contributed by atoms with van der Waals surface area (Å²) in [6.45, 7) is 2.54. The van der Waals surface area contributed by atoms with Gasteiger partial charge in [-0.25, -0.2) is 4.98 Å². The quantitative estimate of drug-likeness (QED) is 0.657. The van der Waals surface area contributed by atoms with Crippen molar-refractivity contribution in [3.05, 3.63) is 16.1 Å². The Morgan fingerprint density at radius 1 is 1.58 bits per heavy atom. The summed E-state index contributed by atoms with van der Waals surface area (Å²) < 4.78 is 0. The Hall–Kier alpha value is -1.47. The van der Waals surface area contributed by atoms with Gasteiger partial charge in [0.1, 0.15) is 5.69 Å².